The predicted octanol–water partition coefficient (Wildman–Crippen LogP) is 3.97. The summed E-state index contributed by atoms with van der Waals surface area (Å²) in [6, 6.07) is 15.0. The number of nitrogens with one attached hydrogen (secondary N) is 2. The van der Waals surface area contributed by atoms with Gasteiger partial charge in [0.05, 0.1) is 20.3 Å². The van der Waals surface area contributed by atoms with Crippen molar-refractivity contribution in [3.63, 3.8) is 0 Å². The van der Waals surface area contributed by atoms with Gasteiger partial charge in [-0.2, -0.15) is 0 Å². The Kier molecular flexibility index (Phi) is 11.5. The van der Waals surface area contributed by atoms with Crippen LogP contribution in [-0.2, 0) is 17.9 Å². The molecule has 154 valence electrons. The van der Waals surface area contributed by atoms with Gasteiger partial charge in [-0.25, -0.2) is 4.39 Å². The van der Waals surface area contributed by atoms with Crippen molar-refractivity contribution >= 4 is 29.9 Å². The molecule has 2 aromatic carbocycles. The molecule has 0 aliphatic rings. The first-order chi connectivity index (χ1) is 13.1. The molecule has 0 amide bonds. The highest BCUT2D eigenvalue weighted by atomic mass is 127. The molecule has 5 nitrogen and oxygen atoms in total. The van der Waals surface area contributed by atoms with Crippen molar-refractivity contribution in [2.75, 3.05) is 27.3 Å². The molecule has 1 unspecified atom stereocenters. The van der Waals surface area contributed by atoms with Gasteiger partial charge in [0.25, 0.3) is 0 Å². The molecule has 7 heteroatoms. The molecule has 0 heterocycles. The topological polar surface area (TPSA) is 54.9 Å². The lowest BCUT2D eigenvalue weighted by Gasteiger charge is -2.16. The molecule has 28 heavy (non-hydrogen) atoms. The normalized spacial score (nSPS) is 12.1. The Hall–Kier alpha value is -1.87. The highest BCUT2D eigenvalue weighted by molar-refractivity contribution is 14.0. The minimum absolute atomic E-state index is 0. The van der Waals surface area contributed by atoms with E-state index in [1.807, 2.05) is 24.3 Å². The maximum absolute atomic E-state index is 13.7. The van der Waals surface area contributed by atoms with E-state index in [1.165, 1.54) is 18.7 Å². The molecule has 0 saturated carbocycles. The SMILES string of the molecule is CN=C(NCc1ccc(OC)c(F)c1)NCC(C)COCc1ccccc1.I. The zero-order valence-corrected chi connectivity index (χ0v) is 18.9. The van der Waals surface area contributed by atoms with Crippen molar-refractivity contribution < 1.29 is 13.9 Å². The lowest BCUT2D eigenvalue weighted by atomic mass is 10.2. The van der Waals surface area contributed by atoms with E-state index in [4.69, 9.17) is 9.47 Å². The van der Waals surface area contributed by atoms with Crippen molar-refractivity contribution in [2.24, 2.45) is 10.9 Å². The summed E-state index contributed by atoms with van der Waals surface area (Å²) in [6.07, 6.45) is 0. The van der Waals surface area contributed by atoms with Gasteiger partial charge in [-0.05, 0) is 29.2 Å². The van der Waals surface area contributed by atoms with E-state index in [0.717, 1.165) is 12.1 Å². The number of ether oxygens (including phenoxy) is 2. The molecular weight excluding hydrogens is 472 g/mol. The maximum atomic E-state index is 13.7. The van der Waals surface area contributed by atoms with Crippen LogP contribution in [0.2, 0.25) is 0 Å². The van der Waals surface area contributed by atoms with E-state index >= 15 is 0 Å². The van der Waals surface area contributed by atoms with E-state index in [2.05, 4.69) is 34.7 Å². The first-order valence-electron chi connectivity index (χ1n) is 9.01. The fourth-order valence-corrected chi connectivity index (χ4v) is 2.51. The third kappa shape index (κ3) is 8.43. The lowest BCUT2D eigenvalue weighted by molar-refractivity contribution is 0.0931. The minimum atomic E-state index is -0.371. The monoisotopic (exact) mass is 501 g/mol. The highest BCUT2D eigenvalue weighted by Gasteiger charge is 2.07. The van der Waals surface area contributed by atoms with Gasteiger partial charge in [-0.1, -0.05) is 43.3 Å². The Morgan fingerprint density at radius 3 is 2.50 bits per heavy atom. The third-order valence-electron chi connectivity index (χ3n) is 4.03. The van der Waals surface area contributed by atoms with E-state index in [0.29, 0.717) is 31.6 Å². The van der Waals surface area contributed by atoms with Crippen LogP contribution < -0.4 is 15.4 Å². The Morgan fingerprint density at radius 1 is 1.11 bits per heavy atom. The van der Waals surface area contributed by atoms with Gasteiger partial charge in [0.15, 0.2) is 17.5 Å². The maximum Gasteiger partial charge on any atom is 0.191 e. The molecule has 2 rings (SSSR count). The van der Waals surface area contributed by atoms with Crippen LogP contribution in [0.1, 0.15) is 18.1 Å². The summed E-state index contributed by atoms with van der Waals surface area (Å²) in [5.74, 6) is 0.862. The predicted molar refractivity (Wildman–Crippen MR) is 122 cm³/mol. The number of benzene rings is 2. The smallest absolute Gasteiger partial charge is 0.191 e. The Bertz CT molecular complexity index is 729. The van der Waals surface area contributed by atoms with Crippen LogP contribution in [0.15, 0.2) is 53.5 Å². The Morgan fingerprint density at radius 2 is 1.86 bits per heavy atom. The summed E-state index contributed by atoms with van der Waals surface area (Å²) in [7, 11) is 3.16. The van der Waals surface area contributed by atoms with E-state index in [1.54, 1.807) is 13.1 Å². The average molecular weight is 501 g/mol. The van der Waals surface area contributed by atoms with Crippen molar-refractivity contribution in [3.8, 4) is 5.75 Å². The van der Waals surface area contributed by atoms with Crippen molar-refractivity contribution in [2.45, 2.75) is 20.1 Å². The molecule has 1 atom stereocenters. The van der Waals surface area contributed by atoms with Crippen LogP contribution in [-0.4, -0.2) is 33.3 Å². The molecule has 0 aromatic heterocycles. The summed E-state index contributed by atoms with van der Waals surface area (Å²) < 4.78 is 24.4. The second-order valence-corrected chi connectivity index (χ2v) is 6.38. The zero-order valence-electron chi connectivity index (χ0n) is 16.6. The van der Waals surface area contributed by atoms with E-state index in [9.17, 15) is 4.39 Å². The fourth-order valence-electron chi connectivity index (χ4n) is 2.51. The molecule has 0 bridgehead atoms. The summed E-state index contributed by atoms with van der Waals surface area (Å²) in [5, 5.41) is 6.44. The minimum Gasteiger partial charge on any atom is -0.494 e. The number of aliphatic imine (C=N–C) groups is 1. The molecular formula is C21H29FIN3O2. The number of methoxy groups -OCH3 is 1. The summed E-state index contributed by atoms with van der Waals surface area (Å²) in [4.78, 5) is 4.19. The molecule has 0 saturated heterocycles. The van der Waals surface area contributed by atoms with Crippen LogP contribution in [0, 0.1) is 11.7 Å². The van der Waals surface area contributed by atoms with Crippen LogP contribution in [0.4, 0.5) is 4.39 Å². The van der Waals surface area contributed by atoms with E-state index in [-0.39, 0.29) is 35.5 Å². The Balaban J connectivity index is 0.00000392. The number of rotatable bonds is 9. The van der Waals surface area contributed by atoms with Crippen LogP contribution in [0.5, 0.6) is 5.75 Å². The van der Waals surface area contributed by atoms with Crippen molar-refractivity contribution in [1.82, 2.24) is 10.6 Å². The second-order valence-electron chi connectivity index (χ2n) is 6.38. The van der Waals surface area contributed by atoms with Gasteiger partial charge in [0, 0.05) is 20.1 Å². The van der Waals surface area contributed by atoms with Gasteiger partial charge in [0.1, 0.15) is 0 Å². The summed E-state index contributed by atoms with van der Waals surface area (Å²) >= 11 is 0. The van der Waals surface area contributed by atoms with Gasteiger partial charge in [0.2, 0.25) is 0 Å². The second kappa shape index (κ2) is 13.3. The molecule has 0 radical (unpaired) electrons. The van der Waals surface area contributed by atoms with Gasteiger partial charge in [-0.15, -0.1) is 24.0 Å². The highest BCUT2D eigenvalue weighted by Crippen LogP contribution is 2.17. The number of hydrogen-bond donors (Lipinski definition) is 2. The molecule has 0 aliphatic heterocycles. The van der Waals surface area contributed by atoms with Crippen LogP contribution in [0.25, 0.3) is 0 Å². The van der Waals surface area contributed by atoms with Crippen LogP contribution in [0.3, 0.4) is 0 Å². The van der Waals surface area contributed by atoms with Crippen LogP contribution >= 0.6 is 24.0 Å². The lowest BCUT2D eigenvalue weighted by Crippen LogP contribution is -2.39. The molecule has 0 fully saturated rings. The summed E-state index contributed by atoms with van der Waals surface area (Å²) in [5.41, 5.74) is 1.98. The van der Waals surface area contributed by atoms with E-state index < -0.39 is 0 Å². The first-order valence-corrected chi connectivity index (χ1v) is 9.01. The molecule has 2 aromatic rings. The molecule has 0 aliphatic carbocycles. The molecule has 0 spiro atoms. The zero-order chi connectivity index (χ0) is 19.5. The van der Waals surface area contributed by atoms with Crippen molar-refractivity contribution in [3.05, 3.63) is 65.5 Å². The molecule has 2 N–H and O–H groups in total. The number of halogens is 2. The first kappa shape index (κ1) is 24.2. The summed E-state index contributed by atoms with van der Waals surface area (Å²) in [6.45, 7) is 4.58. The van der Waals surface area contributed by atoms with Crippen molar-refractivity contribution in [1.29, 1.82) is 0 Å². The van der Waals surface area contributed by atoms with Gasteiger partial charge in [-0.3, -0.25) is 4.99 Å². The Labute approximate surface area is 183 Å². The largest absolute Gasteiger partial charge is 0.494 e. The number of hydrogen-bond acceptors (Lipinski definition) is 3. The number of nitrogens with zero attached hydrogens (tertiary/aromatic N) is 1. The third-order valence-corrected chi connectivity index (χ3v) is 4.03. The van der Waals surface area contributed by atoms with Gasteiger partial charge >= 0.3 is 0 Å². The quantitative estimate of drug-likeness (QED) is 0.310. The van der Waals surface area contributed by atoms with Gasteiger partial charge < -0.3 is 20.1 Å². The standard InChI is InChI=1S/C21H28FN3O2.HI/c1-16(14-27-15-17-7-5-4-6-8-17)12-24-21(23-2)25-13-18-9-10-20(26-3)19(22)11-18;/h4-11,16H,12-15H2,1-3H3,(H2,23,24,25);1H. The fraction of sp³-hybridized carbons (Fsp3) is 0.381. The average Bonchev–Trinajstić information content (AvgIpc) is 2.69. The number of guanidine groups is 1.